The number of rotatable bonds is 14. The van der Waals surface area contributed by atoms with Gasteiger partial charge in [-0.15, -0.1) is 0 Å². The van der Waals surface area contributed by atoms with Gasteiger partial charge in [0.15, 0.2) is 0 Å². The Bertz CT molecular complexity index is 684. The van der Waals surface area contributed by atoms with Crippen molar-refractivity contribution in [2.45, 2.75) is 78.1 Å². The molecule has 0 unspecified atom stereocenters. The number of carbonyl (C=O) groups is 3. The van der Waals surface area contributed by atoms with Gasteiger partial charge in [-0.2, -0.15) is 5.10 Å². The van der Waals surface area contributed by atoms with Gasteiger partial charge in [-0.1, -0.05) is 51.2 Å². The maximum Gasteiger partial charge on any atom is 0.303 e. The first kappa shape index (κ1) is 24.3. The van der Waals surface area contributed by atoms with E-state index in [9.17, 15) is 14.4 Å². The molecule has 0 aliphatic carbocycles. The van der Waals surface area contributed by atoms with E-state index in [2.05, 4.69) is 22.8 Å². The molecule has 0 atom stereocenters. The molecule has 2 amide bonds. The number of hydrogen-bond acceptors (Lipinski definition) is 4. The van der Waals surface area contributed by atoms with Crippen LogP contribution < -0.4 is 10.7 Å². The van der Waals surface area contributed by atoms with Crippen molar-refractivity contribution < 1.29 is 19.5 Å². The third kappa shape index (κ3) is 11.7. The van der Waals surface area contributed by atoms with E-state index in [1.165, 1.54) is 25.7 Å². The second-order valence-electron chi connectivity index (χ2n) is 7.12. The summed E-state index contributed by atoms with van der Waals surface area (Å²) >= 11 is 0. The Balaban J connectivity index is 2.36. The van der Waals surface area contributed by atoms with Crippen molar-refractivity contribution in [1.29, 1.82) is 0 Å². The van der Waals surface area contributed by atoms with Crippen LogP contribution in [-0.4, -0.2) is 28.6 Å². The second-order valence-corrected chi connectivity index (χ2v) is 7.12. The Hall–Kier alpha value is -2.70. The van der Waals surface area contributed by atoms with Crippen LogP contribution in [0.1, 0.15) is 83.6 Å². The molecular weight excluding hydrogens is 370 g/mol. The predicted octanol–water partition coefficient (Wildman–Crippen LogP) is 4.47. The topological polar surface area (TPSA) is 108 Å². The minimum atomic E-state index is -0.906. The van der Waals surface area contributed by atoms with Crippen molar-refractivity contribution >= 4 is 29.2 Å². The molecule has 0 bridgehead atoms. The molecule has 0 aliphatic heterocycles. The van der Waals surface area contributed by atoms with Crippen molar-refractivity contribution in [2.24, 2.45) is 5.10 Å². The number of hydrazone groups is 1. The minimum Gasteiger partial charge on any atom is -0.481 e. The summed E-state index contributed by atoms with van der Waals surface area (Å²) in [5.41, 5.74) is 4.75. The van der Waals surface area contributed by atoms with Crippen LogP contribution >= 0.6 is 0 Å². The monoisotopic (exact) mass is 403 g/mol. The first-order chi connectivity index (χ1) is 13.9. The van der Waals surface area contributed by atoms with Crippen LogP contribution in [0.15, 0.2) is 29.4 Å². The van der Waals surface area contributed by atoms with E-state index in [4.69, 9.17) is 5.11 Å². The molecule has 0 saturated carbocycles. The molecule has 0 heterocycles. The molecular formula is C22H33N3O4. The van der Waals surface area contributed by atoms with Gasteiger partial charge in [0.05, 0.1) is 5.71 Å². The van der Waals surface area contributed by atoms with Gasteiger partial charge >= 0.3 is 5.97 Å². The fourth-order valence-electron chi connectivity index (χ4n) is 2.75. The van der Waals surface area contributed by atoms with Crippen LogP contribution in [0.25, 0.3) is 0 Å². The minimum absolute atomic E-state index is 0.0212. The third-order valence-corrected chi connectivity index (χ3v) is 4.49. The second kappa shape index (κ2) is 14.3. The first-order valence-electron chi connectivity index (χ1n) is 10.4. The molecule has 160 valence electrons. The van der Waals surface area contributed by atoms with Gasteiger partial charge in [0.1, 0.15) is 0 Å². The number of carboxylic acid groups (broad SMARTS) is 1. The number of nitrogens with zero attached hydrogens (tertiary/aromatic N) is 1. The Morgan fingerprint density at radius 1 is 0.862 bits per heavy atom. The van der Waals surface area contributed by atoms with Crippen LogP contribution in [0.4, 0.5) is 5.69 Å². The highest BCUT2D eigenvalue weighted by Gasteiger charge is 2.06. The molecule has 1 aromatic rings. The number of carbonyl (C=O) groups excluding carboxylic acids is 2. The molecule has 0 aliphatic rings. The van der Waals surface area contributed by atoms with Crippen molar-refractivity contribution in [3.63, 3.8) is 0 Å². The molecule has 0 spiro atoms. The summed E-state index contributed by atoms with van der Waals surface area (Å²) < 4.78 is 0. The van der Waals surface area contributed by atoms with Crippen LogP contribution in [0, 0.1) is 0 Å². The van der Waals surface area contributed by atoms with Crippen LogP contribution in [0.3, 0.4) is 0 Å². The highest BCUT2D eigenvalue weighted by Crippen LogP contribution is 2.12. The van der Waals surface area contributed by atoms with Crippen LogP contribution in [0.5, 0.6) is 0 Å². The summed E-state index contributed by atoms with van der Waals surface area (Å²) in [6.45, 7) is 3.99. The molecule has 7 nitrogen and oxygen atoms in total. The van der Waals surface area contributed by atoms with Crippen molar-refractivity contribution in [3.8, 4) is 0 Å². The van der Waals surface area contributed by atoms with E-state index in [1.807, 2.05) is 19.1 Å². The van der Waals surface area contributed by atoms with Gasteiger partial charge in [0.2, 0.25) is 11.8 Å². The Kier molecular flexibility index (Phi) is 12.0. The first-order valence-corrected chi connectivity index (χ1v) is 10.4. The van der Waals surface area contributed by atoms with E-state index in [0.717, 1.165) is 18.4 Å². The smallest absolute Gasteiger partial charge is 0.303 e. The Labute approximate surface area is 173 Å². The van der Waals surface area contributed by atoms with E-state index < -0.39 is 5.97 Å². The molecule has 0 aromatic heterocycles. The zero-order valence-corrected chi connectivity index (χ0v) is 17.5. The molecule has 1 aromatic carbocycles. The fourth-order valence-corrected chi connectivity index (χ4v) is 2.75. The lowest BCUT2D eigenvalue weighted by Crippen LogP contribution is -2.18. The van der Waals surface area contributed by atoms with Gasteiger partial charge in [-0.3, -0.25) is 14.4 Å². The summed E-state index contributed by atoms with van der Waals surface area (Å²) in [5, 5.41) is 15.5. The van der Waals surface area contributed by atoms with E-state index in [-0.39, 0.29) is 24.7 Å². The number of hydrogen-bond donors (Lipinski definition) is 3. The fraction of sp³-hybridized carbons (Fsp3) is 0.545. The summed E-state index contributed by atoms with van der Waals surface area (Å²) in [4.78, 5) is 34.1. The maximum absolute atomic E-state index is 11.9. The SMILES string of the molecule is CCCCCCCCC(=O)N/N=C(\C)c1ccc(NC(=O)CCCC(=O)O)cc1. The Morgan fingerprint density at radius 3 is 2.14 bits per heavy atom. The summed E-state index contributed by atoms with van der Waals surface area (Å²) in [6, 6.07) is 7.13. The molecule has 29 heavy (non-hydrogen) atoms. The van der Waals surface area contributed by atoms with Gasteiger partial charge in [-0.25, -0.2) is 5.43 Å². The quantitative estimate of drug-likeness (QED) is 0.242. The van der Waals surface area contributed by atoms with Crippen LogP contribution in [0.2, 0.25) is 0 Å². The number of amides is 2. The highest BCUT2D eigenvalue weighted by molar-refractivity contribution is 6.00. The number of anilines is 1. The van der Waals surface area contributed by atoms with Gasteiger partial charge in [0, 0.05) is 24.9 Å². The normalized spacial score (nSPS) is 11.2. The Morgan fingerprint density at radius 2 is 1.48 bits per heavy atom. The average molecular weight is 404 g/mol. The standard InChI is InChI=1S/C22H33N3O4/c1-3-4-5-6-7-8-10-21(27)25-24-17(2)18-13-15-19(16-14-18)23-20(26)11-9-12-22(28)29/h13-16H,3-12H2,1-2H3,(H,23,26)(H,25,27)(H,28,29)/b24-17+. The lowest BCUT2D eigenvalue weighted by molar-refractivity contribution is -0.137. The van der Waals surface area contributed by atoms with Gasteiger partial charge in [-0.05, 0) is 37.5 Å². The zero-order valence-electron chi connectivity index (χ0n) is 17.5. The number of benzene rings is 1. The maximum atomic E-state index is 11.9. The number of aliphatic carboxylic acids is 1. The molecule has 3 N–H and O–H groups in total. The van der Waals surface area contributed by atoms with Crippen molar-refractivity contribution in [3.05, 3.63) is 29.8 Å². The number of nitrogens with one attached hydrogen (secondary N) is 2. The highest BCUT2D eigenvalue weighted by atomic mass is 16.4. The van der Waals surface area contributed by atoms with Gasteiger partial charge < -0.3 is 10.4 Å². The van der Waals surface area contributed by atoms with E-state index in [1.54, 1.807) is 12.1 Å². The largest absolute Gasteiger partial charge is 0.481 e. The average Bonchev–Trinajstić information content (AvgIpc) is 2.69. The zero-order chi connectivity index (χ0) is 21.5. The van der Waals surface area contributed by atoms with Crippen molar-refractivity contribution in [2.75, 3.05) is 5.32 Å². The number of carboxylic acids is 1. The molecule has 0 saturated heterocycles. The van der Waals surface area contributed by atoms with E-state index >= 15 is 0 Å². The third-order valence-electron chi connectivity index (χ3n) is 4.49. The summed E-state index contributed by atoms with van der Waals surface area (Å²) in [7, 11) is 0. The summed E-state index contributed by atoms with van der Waals surface area (Å²) in [5.74, 6) is -1.20. The lowest BCUT2D eigenvalue weighted by Gasteiger charge is -2.07. The van der Waals surface area contributed by atoms with E-state index in [0.29, 0.717) is 24.2 Å². The molecule has 1 rings (SSSR count). The molecule has 0 radical (unpaired) electrons. The van der Waals surface area contributed by atoms with Crippen molar-refractivity contribution in [1.82, 2.24) is 5.43 Å². The number of unbranched alkanes of at least 4 members (excludes halogenated alkanes) is 5. The summed E-state index contributed by atoms with van der Waals surface area (Å²) in [6.07, 6.45) is 7.76. The van der Waals surface area contributed by atoms with Gasteiger partial charge in [0.25, 0.3) is 0 Å². The van der Waals surface area contributed by atoms with Crippen LogP contribution in [-0.2, 0) is 14.4 Å². The molecule has 0 fully saturated rings. The lowest BCUT2D eigenvalue weighted by atomic mass is 10.1. The predicted molar refractivity (Wildman–Crippen MR) is 115 cm³/mol. The molecule has 7 heteroatoms.